The highest BCUT2D eigenvalue weighted by Gasteiger charge is 2.40. The Morgan fingerprint density at radius 3 is 2.79 bits per heavy atom. The zero-order valence-electron chi connectivity index (χ0n) is 15.8. The van der Waals surface area contributed by atoms with Crippen molar-refractivity contribution in [3.8, 4) is 17.0 Å². The molecule has 6 nitrogen and oxygen atoms in total. The predicted octanol–water partition coefficient (Wildman–Crippen LogP) is 3.05. The number of anilines is 1. The van der Waals surface area contributed by atoms with Crippen LogP contribution in [0.3, 0.4) is 0 Å². The first-order valence-electron chi connectivity index (χ1n) is 10.5. The number of aliphatic hydroxyl groups is 1. The van der Waals surface area contributed by atoms with Crippen LogP contribution in [0.2, 0.25) is 0 Å². The first-order chi connectivity index (χ1) is 13.7. The number of aromatic nitrogens is 2. The van der Waals surface area contributed by atoms with Crippen LogP contribution in [0.1, 0.15) is 60.5 Å². The first-order valence-corrected chi connectivity index (χ1v) is 10.5. The third-order valence-corrected chi connectivity index (χ3v) is 7.05. The van der Waals surface area contributed by atoms with E-state index in [0.717, 1.165) is 85.1 Å². The lowest BCUT2D eigenvalue weighted by atomic mass is 9.88. The number of phenolic OH excluding ortho intramolecular Hbond substituents is 1. The third-order valence-electron chi connectivity index (χ3n) is 7.05. The smallest absolute Gasteiger partial charge is 0.155 e. The molecule has 6 heteroatoms. The van der Waals surface area contributed by atoms with Gasteiger partial charge in [0.1, 0.15) is 11.4 Å². The van der Waals surface area contributed by atoms with Crippen LogP contribution in [0.4, 0.5) is 5.82 Å². The van der Waals surface area contributed by atoms with Crippen LogP contribution in [-0.4, -0.2) is 38.7 Å². The first kappa shape index (κ1) is 16.7. The molecule has 2 aliphatic carbocycles. The molecule has 3 N–H and O–H groups in total. The summed E-state index contributed by atoms with van der Waals surface area (Å²) in [5.41, 5.74) is 6.14. The van der Waals surface area contributed by atoms with E-state index >= 15 is 0 Å². The third kappa shape index (κ3) is 2.40. The maximum atomic E-state index is 11.0. The minimum atomic E-state index is -0.321. The molecule has 146 valence electrons. The van der Waals surface area contributed by atoms with Gasteiger partial charge < -0.3 is 20.3 Å². The van der Waals surface area contributed by atoms with Crippen molar-refractivity contribution in [2.24, 2.45) is 0 Å². The Balaban J connectivity index is 1.48. The van der Waals surface area contributed by atoms with Gasteiger partial charge in [0.25, 0.3) is 0 Å². The second-order valence-corrected chi connectivity index (χ2v) is 8.67. The van der Waals surface area contributed by atoms with Crippen molar-refractivity contribution in [3.63, 3.8) is 0 Å². The summed E-state index contributed by atoms with van der Waals surface area (Å²) in [6, 6.07) is 4.18. The van der Waals surface area contributed by atoms with Gasteiger partial charge in [-0.2, -0.15) is 0 Å². The quantitative estimate of drug-likeness (QED) is 0.760. The summed E-state index contributed by atoms with van der Waals surface area (Å²) in [7, 11) is 0. The maximum absolute atomic E-state index is 11.0. The second-order valence-electron chi connectivity index (χ2n) is 8.67. The Labute approximate surface area is 164 Å². The van der Waals surface area contributed by atoms with Gasteiger partial charge in [0.15, 0.2) is 5.82 Å². The van der Waals surface area contributed by atoms with Gasteiger partial charge in [0, 0.05) is 17.5 Å². The Hall–Kier alpha value is -2.18. The molecule has 1 aromatic heterocycles. The molecule has 6 rings (SSSR count). The molecular formula is C22H25N3O3. The van der Waals surface area contributed by atoms with Crippen molar-refractivity contribution in [1.29, 1.82) is 0 Å². The normalized spacial score (nSPS) is 29.9. The number of hydrogen-bond donors (Lipinski definition) is 3. The molecule has 2 fully saturated rings. The van der Waals surface area contributed by atoms with Crippen molar-refractivity contribution in [2.75, 3.05) is 5.32 Å². The fourth-order valence-electron chi connectivity index (χ4n) is 5.32. The highest BCUT2D eigenvalue weighted by Crippen LogP contribution is 2.48. The highest BCUT2D eigenvalue weighted by molar-refractivity contribution is 5.75. The van der Waals surface area contributed by atoms with Crippen LogP contribution >= 0.6 is 0 Å². The topological polar surface area (TPSA) is 87.5 Å². The minimum Gasteiger partial charge on any atom is -0.507 e. The molecule has 0 radical (unpaired) electrons. The van der Waals surface area contributed by atoms with Crippen LogP contribution in [0.5, 0.6) is 5.75 Å². The Bertz CT molecular complexity index is 961. The van der Waals surface area contributed by atoms with Gasteiger partial charge in [-0.1, -0.05) is 6.07 Å². The van der Waals surface area contributed by atoms with Crippen molar-refractivity contribution >= 4 is 5.82 Å². The van der Waals surface area contributed by atoms with Gasteiger partial charge in [0.05, 0.1) is 24.4 Å². The molecule has 0 amide bonds. The summed E-state index contributed by atoms with van der Waals surface area (Å²) in [6.45, 7) is 0. The molecule has 2 aromatic rings. The molecule has 28 heavy (non-hydrogen) atoms. The molecular weight excluding hydrogens is 354 g/mol. The van der Waals surface area contributed by atoms with Crippen LogP contribution in [0.25, 0.3) is 11.3 Å². The Kier molecular flexibility index (Phi) is 3.68. The SMILES string of the molecule is Oc1c(-c2nnc(N[C@@H]3CC[C@H]3O)c3c2C[C@@H]2CC[C@H]3O2)ccc2c1CCC2. The fraction of sp³-hybridized carbons (Fsp3) is 0.545. The van der Waals surface area contributed by atoms with Gasteiger partial charge in [-0.15, -0.1) is 10.2 Å². The van der Waals surface area contributed by atoms with E-state index in [9.17, 15) is 10.2 Å². The lowest BCUT2D eigenvalue weighted by Gasteiger charge is -2.35. The maximum Gasteiger partial charge on any atom is 0.155 e. The number of hydrogen-bond acceptors (Lipinski definition) is 6. The van der Waals surface area contributed by atoms with Crippen molar-refractivity contribution < 1.29 is 14.9 Å². The second kappa shape index (κ2) is 6.16. The van der Waals surface area contributed by atoms with E-state index in [1.807, 2.05) is 6.07 Å². The number of phenols is 1. The van der Waals surface area contributed by atoms with Gasteiger partial charge in [-0.05, 0) is 67.7 Å². The van der Waals surface area contributed by atoms with E-state index in [-0.39, 0.29) is 24.4 Å². The zero-order valence-corrected chi connectivity index (χ0v) is 15.8. The van der Waals surface area contributed by atoms with Crippen molar-refractivity contribution in [1.82, 2.24) is 10.2 Å². The number of ether oxygens (including phenoxy) is 1. The van der Waals surface area contributed by atoms with Gasteiger partial charge in [0.2, 0.25) is 0 Å². The number of fused-ring (bicyclic) bond motifs is 5. The summed E-state index contributed by atoms with van der Waals surface area (Å²) in [5, 5.41) is 33.4. The molecule has 3 heterocycles. The number of nitrogens with one attached hydrogen (secondary N) is 1. The average molecular weight is 379 g/mol. The summed E-state index contributed by atoms with van der Waals surface area (Å²) in [5.74, 6) is 1.12. The Morgan fingerprint density at radius 1 is 1.04 bits per heavy atom. The predicted molar refractivity (Wildman–Crippen MR) is 104 cm³/mol. The number of aryl methyl sites for hydroxylation is 1. The van der Waals surface area contributed by atoms with E-state index in [1.54, 1.807) is 0 Å². The monoisotopic (exact) mass is 379 g/mol. The number of aromatic hydroxyl groups is 1. The van der Waals surface area contributed by atoms with Crippen molar-refractivity contribution in [2.45, 2.75) is 75.7 Å². The molecule has 4 atom stereocenters. The van der Waals surface area contributed by atoms with Gasteiger partial charge in [-0.3, -0.25) is 0 Å². The number of aliphatic hydroxyl groups excluding tert-OH is 1. The Morgan fingerprint density at radius 2 is 1.96 bits per heavy atom. The van der Waals surface area contributed by atoms with Crippen LogP contribution in [-0.2, 0) is 24.0 Å². The van der Waals surface area contributed by atoms with Crippen LogP contribution < -0.4 is 5.32 Å². The van der Waals surface area contributed by atoms with E-state index < -0.39 is 0 Å². The van der Waals surface area contributed by atoms with Crippen LogP contribution in [0, 0.1) is 0 Å². The molecule has 0 unspecified atom stereocenters. The largest absolute Gasteiger partial charge is 0.507 e. The summed E-state index contributed by atoms with van der Waals surface area (Å²) < 4.78 is 6.19. The fourth-order valence-corrected chi connectivity index (χ4v) is 5.32. The molecule has 2 bridgehead atoms. The van der Waals surface area contributed by atoms with E-state index in [1.165, 1.54) is 5.56 Å². The summed E-state index contributed by atoms with van der Waals surface area (Å²) in [4.78, 5) is 0. The molecule has 1 saturated heterocycles. The van der Waals surface area contributed by atoms with E-state index in [0.29, 0.717) is 5.75 Å². The van der Waals surface area contributed by atoms with E-state index in [4.69, 9.17) is 4.74 Å². The average Bonchev–Trinajstić information content (AvgIpc) is 3.33. The molecule has 2 aliphatic heterocycles. The summed E-state index contributed by atoms with van der Waals surface area (Å²) in [6.07, 6.45) is 7.60. The van der Waals surface area contributed by atoms with Crippen LogP contribution in [0.15, 0.2) is 12.1 Å². The minimum absolute atomic E-state index is 0.0271. The molecule has 1 saturated carbocycles. The zero-order chi connectivity index (χ0) is 18.8. The number of benzene rings is 1. The highest BCUT2D eigenvalue weighted by atomic mass is 16.5. The van der Waals surface area contributed by atoms with E-state index in [2.05, 4.69) is 21.6 Å². The standard InChI is InChI=1S/C22H25N3O3/c26-17-8-7-16(17)23-22-19-15(10-12-5-9-18(19)28-12)20(24-25-22)14-6-4-11-2-1-3-13(11)21(14)27/h4,6,12,16-18,26-27H,1-3,5,7-10H2,(H,23,25)/t12-,16+,17+,18+/m0/s1. The van der Waals surface area contributed by atoms with Crippen molar-refractivity contribution in [3.05, 3.63) is 34.4 Å². The number of rotatable bonds is 3. The summed E-state index contributed by atoms with van der Waals surface area (Å²) >= 11 is 0. The van der Waals surface area contributed by atoms with Gasteiger partial charge >= 0.3 is 0 Å². The lowest BCUT2D eigenvalue weighted by molar-refractivity contribution is 0.0322. The molecule has 1 aromatic carbocycles. The molecule has 0 spiro atoms. The van der Waals surface area contributed by atoms with Gasteiger partial charge in [-0.25, -0.2) is 0 Å². The lowest BCUT2D eigenvalue weighted by Crippen LogP contribution is -2.43. The molecule has 4 aliphatic rings. The number of nitrogens with zero attached hydrogens (tertiary/aromatic N) is 2.